The van der Waals surface area contributed by atoms with E-state index in [1.54, 1.807) is 18.2 Å². The Morgan fingerprint density at radius 2 is 2.03 bits per heavy atom. The van der Waals surface area contributed by atoms with E-state index < -0.39 is 17.9 Å². The summed E-state index contributed by atoms with van der Waals surface area (Å²) in [5.74, 6) is 0.140. The number of hydrogen-bond donors (Lipinski definition) is 1. The van der Waals surface area contributed by atoms with Gasteiger partial charge in [0.05, 0.1) is 31.3 Å². The Morgan fingerprint density at radius 1 is 1.28 bits per heavy atom. The fraction of sp³-hybridized carbons (Fsp3) is 0.318. The molecular weight excluding hydrogens is 484 g/mol. The molecule has 170 valence electrons. The van der Waals surface area contributed by atoms with Gasteiger partial charge in [0.1, 0.15) is 11.5 Å². The number of nitrogens with zero attached hydrogens (tertiary/aromatic N) is 1. The van der Waals surface area contributed by atoms with E-state index in [1.807, 2.05) is 13.8 Å². The summed E-state index contributed by atoms with van der Waals surface area (Å²) in [6.07, 6.45) is 2.37. The number of imide groups is 1. The lowest BCUT2D eigenvalue weighted by molar-refractivity contribution is -0.123. The van der Waals surface area contributed by atoms with E-state index >= 15 is 0 Å². The van der Waals surface area contributed by atoms with Crippen molar-refractivity contribution in [1.29, 1.82) is 0 Å². The number of nitrogens with one attached hydrogen (secondary N) is 1. The first-order chi connectivity index (χ1) is 15.3. The van der Waals surface area contributed by atoms with Gasteiger partial charge in [-0.3, -0.25) is 9.69 Å². The predicted octanol–water partition coefficient (Wildman–Crippen LogP) is 4.11. The van der Waals surface area contributed by atoms with Crippen molar-refractivity contribution < 1.29 is 33.0 Å². The number of methoxy groups -OCH3 is 2. The van der Waals surface area contributed by atoms with Crippen LogP contribution >= 0.6 is 15.9 Å². The molecule has 10 heteroatoms. The molecule has 9 nitrogen and oxygen atoms in total. The standard InChI is InChI=1S/C22H23BrN2O7/c1-5-12(2)31-19-15(23)8-13(10-18(19)29-3)9-16-20(26)25(22(28)24-16)11-14-6-7-17(32-14)21(27)30-4/h6-10,12H,5,11H2,1-4H3,(H,24,28)/b16-9-/t12-/m0/s1. The van der Waals surface area contributed by atoms with E-state index in [9.17, 15) is 14.4 Å². The summed E-state index contributed by atoms with van der Waals surface area (Å²) in [5, 5.41) is 2.55. The molecule has 0 saturated carbocycles. The van der Waals surface area contributed by atoms with Gasteiger partial charge in [-0.05, 0) is 65.2 Å². The molecule has 0 bridgehead atoms. The first-order valence-electron chi connectivity index (χ1n) is 9.83. The van der Waals surface area contributed by atoms with Crippen LogP contribution in [-0.2, 0) is 16.1 Å². The van der Waals surface area contributed by atoms with Crippen LogP contribution in [0.25, 0.3) is 6.08 Å². The Kier molecular flexibility index (Phi) is 7.24. The number of rotatable bonds is 8. The molecule has 1 aliphatic heterocycles. The van der Waals surface area contributed by atoms with Crippen molar-refractivity contribution in [3.05, 3.63) is 51.5 Å². The molecule has 1 aromatic heterocycles. The molecule has 0 radical (unpaired) electrons. The van der Waals surface area contributed by atoms with E-state index in [1.165, 1.54) is 26.4 Å². The fourth-order valence-electron chi connectivity index (χ4n) is 2.93. The molecule has 3 rings (SSSR count). The van der Waals surface area contributed by atoms with Gasteiger partial charge < -0.3 is 23.9 Å². The van der Waals surface area contributed by atoms with Crippen LogP contribution in [0.4, 0.5) is 4.79 Å². The normalized spacial score (nSPS) is 15.7. The highest BCUT2D eigenvalue weighted by Gasteiger charge is 2.34. The van der Waals surface area contributed by atoms with Gasteiger partial charge in [-0.2, -0.15) is 0 Å². The number of carbonyl (C=O) groups excluding carboxylic acids is 3. The van der Waals surface area contributed by atoms with Gasteiger partial charge in [-0.15, -0.1) is 0 Å². The smallest absolute Gasteiger partial charge is 0.373 e. The molecule has 0 unspecified atom stereocenters. The highest BCUT2D eigenvalue weighted by atomic mass is 79.9. The minimum absolute atomic E-state index is 0.00467. The fourth-order valence-corrected chi connectivity index (χ4v) is 3.49. The molecule has 1 atom stereocenters. The summed E-state index contributed by atoms with van der Waals surface area (Å²) < 4.78 is 21.9. The number of hydrogen-bond acceptors (Lipinski definition) is 7. The lowest BCUT2D eigenvalue weighted by Gasteiger charge is -2.17. The zero-order valence-electron chi connectivity index (χ0n) is 18.1. The molecule has 3 amide bonds. The number of ether oxygens (including phenoxy) is 3. The quantitative estimate of drug-likeness (QED) is 0.326. The number of esters is 1. The van der Waals surface area contributed by atoms with Crippen LogP contribution in [0.15, 0.2) is 38.9 Å². The molecular formula is C22H23BrN2O7. The van der Waals surface area contributed by atoms with Crippen molar-refractivity contribution in [3.8, 4) is 11.5 Å². The molecule has 0 aliphatic carbocycles. The summed E-state index contributed by atoms with van der Waals surface area (Å²) in [7, 11) is 2.76. The van der Waals surface area contributed by atoms with Gasteiger partial charge in [0.25, 0.3) is 5.91 Å². The van der Waals surface area contributed by atoms with E-state index in [0.717, 1.165) is 11.3 Å². The molecule has 2 heterocycles. The number of furan rings is 1. The van der Waals surface area contributed by atoms with Gasteiger partial charge >= 0.3 is 12.0 Å². The lowest BCUT2D eigenvalue weighted by Crippen LogP contribution is -2.30. The van der Waals surface area contributed by atoms with E-state index in [0.29, 0.717) is 21.5 Å². The molecule has 0 spiro atoms. The summed E-state index contributed by atoms with van der Waals surface area (Å²) >= 11 is 3.48. The van der Waals surface area contributed by atoms with Crippen molar-refractivity contribution in [2.45, 2.75) is 32.9 Å². The Balaban J connectivity index is 1.81. The van der Waals surface area contributed by atoms with E-state index in [-0.39, 0.29) is 29.9 Å². The van der Waals surface area contributed by atoms with Crippen molar-refractivity contribution in [1.82, 2.24) is 10.2 Å². The first-order valence-corrected chi connectivity index (χ1v) is 10.6. The summed E-state index contributed by atoms with van der Waals surface area (Å²) in [6.45, 7) is 3.84. The van der Waals surface area contributed by atoms with Crippen LogP contribution < -0.4 is 14.8 Å². The van der Waals surface area contributed by atoms with Gasteiger partial charge in [0.15, 0.2) is 11.5 Å². The first kappa shape index (κ1) is 23.4. The molecule has 1 aliphatic rings. The molecule has 2 aromatic rings. The van der Waals surface area contributed by atoms with E-state index in [2.05, 4.69) is 26.0 Å². The highest BCUT2D eigenvalue weighted by Crippen LogP contribution is 2.38. The summed E-state index contributed by atoms with van der Waals surface area (Å²) in [6, 6.07) is 5.81. The third kappa shape index (κ3) is 4.96. The molecule has 32 heavy (non-hydrogen) atoms. The summed E-state index contributed by atoms with van der Waals surface area (Å²) in [4.78, 5) is 37.6. The van der Waals surface area contributed by atoms with Crippen LogP contribution in [0.1, 0.15) is 42.1 Å². The summed E-state index contributed by atoms with van der Waals surface area (Å²) in [5.41, 5.74) is 0.723. The van der Waals surface area contributed by atoms with Gasteiger partial charge in [-0.1, -0.05) is 6.92 Å². The zero-order chi connectivity index (χ0) is 23.4. The third-order valence-electron chi connectivity index (χ3n) is 4.78. The second kappa shape index (κ2) is 9.90. The molecule has 1 fully saturated rings. The lowest BCUT2D eigenvalue weighted by atomic mass is 10.1. The van der Waals surface area contributed by atoms with Crippen molar-refractivity contribution in [2.24, 2.45) is 0 Å². The topological polar surface area (TPSA) is 107 Å². The van der Waals surface area contributed by atoms with Gasteiger partial charge in [0, 0.05) is 0 Å². The van der Waals surface area contributed by atoms with Crippen LogP contribution in [0, 0.1) is 0 Å². The van der Waals surface area contributed by atoms with Gasteiger partial charge in [-0.25, -0.2) is 9.59 Å². The maximum atomic E-state index is 12.8. The third-order valence-corrected chi connectivity index (χ3v) is 5.37. The minimum Gasteiger partial charge on any atom is -0.493 e. The number of amides is 3. The van der Waals surface area contributed by atoms with Crippen LogP contribution in [0.2, 0.25) is 0 Å². The average Bonchev–Trinajstić information content (AvgIpc) is 3.35. The van der Waals surface area contributed by atoms with Crippen LogP contribution in [-0.4, -0.2) is 43.1 Å². The minimum atomic E-state index is -0.644. The second-order valence-corrected chi connectivity index (χ2v) is 7.86. The number of benzene rings is 1. The zero-order valence-corrected chi connectivity index (χ0v) is 19.6. The van der Waals surface area contributed by atoms with E-state index in [4.69, 9.17) is 13.9 Å². The van der Waals surface area contributed by atoms with Crippen LogP contribution in [0.5, 0.6) is 11.5 Å². The number of carbonyl (C=O) groups is 3. The molecule has 1 saturated heterocycles. The maximum Gasteiger partial charge on any atom is 0.373 e. The molecule has 1 N–H and O–H groups in total. The Hall–Kier alpha value is -3.27. The van der Waals surface area contributed by atoms with Crippen molar-refractivity contribution >= 4 is 39.9 Å². The van der Waals surface area contributed by atoms with Crippen molar-refractivity contribution in [3.63, 3.8) is 0 Å². The van der Waals surface area contributed by atoms with Crippen molar-refractivity contribution in [2.75, 3.05) is 14.2 Å². The average molecular weight is 507 g/mol. The number of urea groups is 1. The Labute approximate surface area is 193 Å². The maximum absolute atomic E-state index is 12.8. The predicted molar refractivity (Wildman–Crippen MR) is 118 cm³/mol. The SMILES string of the molecule is CC[C@H](C)Oc1c(Br)cc(/C=C2\NC(=O)N(Cc3ccc(C(=O)OC)o3)C2=O)cc1OC. The second-order valence-electron chi connectivity index (χ2n) is 7.01. The monoisotopic (exact) mass is 506 g/mol. The molecule has 1 aromatic carbocycles. The van der Waals surface area contributed by atoms with Gasteiger partial charge in [0.2, 0.25) is 5.76 Å². The van der Waals surface area contributed by atoms with Crippen LogP contribution in [0.3, 0.4) is 0 Å². The largest absolute Gasteiger partial charge is 0.493 e. The highest BCUT2D eigenvalue weighted by molar-refractivity contribution is 9.10. The number of halogens is 1. The Bertz CT molecular complexity index is 1080. The Morgan fingerprint density at radius 3 is 2.69 bits per heavy atom.